The number of aromatic nitrogens is 1. The third-order valence-corrected chi connectivity index (χ3v) is 3.94. The van der Waals surface area contributed by atoms with Gasteiger partial charge in [0.1, 0.15) is 10.8 Å². The normalized spacial score (nSPS) is 15.5. The average molecular weight is 269 g/mol. The minimum Gasteiger partial charge on any atom is -0.506 e. The first-order valence-electron chi connectivity index (χ1n) is 5.24. The molecule has 1 aromatic carbocycles. The van der Waals surface area contributed by atoms with Crippen LogP contribution in [0.3, 0.4) is 0 Å². The predicted octanol–water partition coefficient (Wildman–Crippen LogP) is 3.19. The van der Waals surface area contributed by atoms with Crippen molar-refractivity contribution in [2.24, 2.45) is 0 Å². The fraction of sp³-hybridized carbons (Fsp3) is 0.250. The van der Waals surface area contributed by atoms with E-state index in [9.17, 15) is 5.11 Å². The minimum atomic E-state index is 0.00826. The van der Waals surface area contributed by atoms with E-state index >= 15 is 0 Å². The first-order chi connectivity index (χ1) is 8.08. The highest BCUT2D eigenvalue weighted by Crippen LogP contribution is 2.40. The lowest BCUT2D eigenvalue weighted by atomic mass is 10.1. The molecular formula is C12H10Cl2N2O. The van der Waals surface area contributed by atoms with Gasteiger partial charge in [-0.1, -0.05) is 23.2 Å². The van der Waals surface area contributed by atoms with E-state index in [1.54, 1.807) is 6.07 Å². The van der Waals surface area contributed by atoms with Crippen LogP contribution in [0.25, 0.3) is 10.9 Å². The zero-order valence-corrected chi connectivity index (χ0v) is 10.7. The molecule has 1 aliphatic heterocycles. The van der Waals surface area contributed by atoms with Crippen molar-refractivity contribution < 1.29 is 5.11 Å². The van der Waals surface area contributed by atoms with Gasteiger partial charge in [0.15, 0.2) is 0 Å². The largest absolute Gasteiger partial charge is 0.506 e. The zero-order chi connectivity index (χ0) is 12.2. The van der Waals surface area contributed by atoms with Gasteiger partial charge in [0, 0.05) is 24.7 Å². The van der Waals surface area contributed by atoms with E-state index in [0.717, 1.165) is 18.5 Å². The second kappa shape index (κ2) is 3.73. The van der Waals surface area contributed by atoms with E-state index in [2.05, 4.69) is 9.88 Å². The third kappa shape index (κ3) is 1.58. The van der Waals surface area contributed by atoms with Crippen molar-refractivity contribution in [1.29, 1.82) is 0 Å². The molecule has 17 heavy (non-hydrogen) atoms. The summed E-state index contributed by atoms with van der Waals surface area (Å²) in [5.74, 6) is 0.00826. The number of fused-ring (bicyclic) bond motifs is 3. The molecule has 3 nitrogen and oxygen atoms in total. The van der Waals surface area contributed by atoms with Gasteiger partial charge in [-0.15, -0.1) is 0 Å². The molecule has 5 heteroatoms. The van der Waals surface area contributed by atoms with E-state index < -0.39 is 0 Å². The Kier molecular flexibility index (Phi) is 2.43. The molecule has 1 aliphatic rings. The summed E-state index contributed by atoms with van der Waals surface area (Å²) in [6, 6.07) is 1.65. The van der Waals surface area contributed by atoms with Gasteiger partial charge >= 0.3 is 0 Å². The highest BCUT2D eigenvalue weighted by Gasteiger charge is 2.21. The van der Waals surface area contributed by atoms with Crippen molar-refractivity contribution >= 4 is 34.1 Å². The molecule has 0 unspecified atom stereocenters. The van der Waals surface area contributed by atoms with Crippen LogP contribution in [0.4, 0.5) is 0 Å². The molecule has 1 aromatic heterocycles. The van der Waals surface area contributed by atoms with Gasteiger partial charge in [-0.3, -0.25) is 9.88 Å². The summed E-state index contributed by atoms with van der Waals surface area (Å²) in [6.45, 7) is 1.71. The Balaban J connectivity index is 2.39. The van der Waals surface area contributed by atoms with E-state index in [-0.39, 0.29) is 10.8 Å². The molecule has 88 valence electrons. The second-order valence-corrected chi connectivity index (χ2v) is 5.11. The van der Waals surface area contributed by atoms with Crippen LogP contribution in [0.1, 0.15) is 11.1 Å². The highest BCUT2D eigenvalue weighted by molar-refractivity contribution is 6.46. The van der Waals surface area contributed by atoms with E-state index in [1.807, 2.05) is 13.2 Å². The molecule has 0 atom stereocenters. The number of phenolic OH excluding ortho intramolecular Hbond substituents is 1. The number of halogens is 2. The van der Waals surface area contributed by atoms with Crippen LogP contribution in [0.5, 0.6) is 5.75 Å². The van der Waals surface area contributed by atoms with Crippen molar-refractivity contribution in [2.75, 3.05) is 7.05 Å². The van der Waals surface area contributed by atoms with Gasteiger partial charge in [0.05, 0.1) is 10.5 Å². The molecule has 2 heterocycles. The van der Waals surface area contributed by atoms with Crippen molar-refractivity contribution in [1.82, 2.24) is 9.88 Å². The Bertz CT molecular complexity index is 628. The Hall–Kier alpha value is -1.03. The molecule has 0 saturated carbocycles. The second-order valence-electron chi connectivity index (χ2n) is 4.35. The molecule has 0 saturated heterocycles. The van der Waals surface area contributed by atoms with Gasteiger partial charge in [-0.2, -0.15) is 0 Å². The smallest absolute Gasteiger partial charge is 0.136 e. The molecule has 0 bridgehead atoms. The van der Waals surface area contributed by atoms with E-state index in [0.29, 0.717) is 10.5 Å². The molecule has 1 N–H and O–H groups in total. The molecule has 0 fully saturated rings. The number of aromatic hydroxyl groups is 1. The van der Waals surface area contributed by atoms with E-state index in [4.69, 9.17) is 23.2 Å². The topological polar surface area (TPSA) is 36.4 Å². The number of nitrogens with zero attached hydrogens (tertiary/aromatic N) is 2. The van der Waals surface area contributed by atoms with Crippen LogP contribution in [-0.4, -0.2) is 22.0 Å². The lowest BCUT2D eigenvalue weighted by Crippen LogP contribution is -2.07. The molecular weight excluding hydrogens is 259 g/mol. The molecule has 3 rings (SSSR count). The Morgan fingerprint density at radius 2 is 2.06 bits per heavy atom. The SMILES string of the molecule is CN1Cc2cnc3c(Cl)c(Cl)c(O)cc3c2C1. The number of benzene rings is 1. The molecule has 2 aromatic rings. The van der Waals surface area contributed by atoms with Crippen LogP contribution in [0.15, 0.2) is 12.3 Å². The maximum absolute atomic E-state index is 9.74. The summed E-state index contributed by atoms with van der Waals surface area (Å²) in [6.07, 6.45) is 1.83. The zero-order valence-electron chi connectivity index (χ0n) is 9.17. The fourth-order valence-electron chi connectivity index (χ4n) is 2.29. The maximum atomic E-state index is 9.74. The van der Waals surface area contributed by atoms with Crippen molar-refractivity contribution in [3.63, 3.8) is 0 Å². The summed E-state index contributed by atoms with van der Waals surface area (Å²) in [5.41, 5.74) is 3.01. The fourth-order valence-corrected chi connectivity index (χ4v) is 2.68. The number of hydrogen-bond donors (Lipinski definition) is 1. The lowest BCUT2D eigenvalue weighted by molar-refractivity contribution is 0.353. The summed E-state index contributed by atoms with van der Waals surface area (Å²) in [5, 5.41) is 11.1. The highest BCUT2D eigenvalue weighted by atomic mass is 35.5. The summed E-state index contributed by atoms with van der Waals surface area (Å²) in [4.78, 5) is 6.52. The Labute approximate surface area is 109 Å². The number of rotatable bonds is 0. The average Bonchev–Trinajstić information content (AvgIpc) is 2.67. The maximum Gasteiger partial charge on any atom is 0.136 e. The van der Waals surface area contributed by atoms with Crippen molar-refractivity contribution in [3.05, 3.63) is 33.4 Å². The lowest BCUT2D eigenvalue weighted by Gasteiger charge is -2.08. The molecule has 0 aliphatic carbocycles. The van der Waals surface area contributed by atoms with Gasteiger partial charge in [0.2, 0.25) is 0 Å². The van der Waals surface area contributed by atoms with Crippen LogP contribution < -0.4 is 0 Å². The number of hydrogen-bond acceptors (Lipinski definition) is 3. The molecule has 0 amide bonds. The van der Waals surface area contributed by atoms with Crippen molar-refractivity contribution in [2.45, 2.75) is 13.1 Å². The Morgan fingerprint density at radius 3 is 2.82 bits per heavy atom. The minimum absolute atomic E-state index is 0.00826. The van der Waals surface area contributed by atoms with Crippen LogP contribution in [0, 0.1) is 0 Å². The first kappa shape index (κ1) is 11.1. The number of pyridine rings is 1. The standard InChI is InChI=1S/C12H10Cl2N2O/c1-16-4-6-3-15-12-7(8(6)5-16)2-9(17)10(13)11(12)14/h2-3,17H,4-5H2,1H3. The van der Waals surface area contributed by atoms with Crippen molar-refractivity contribution in [3.8, 4) is 5.75 Å². The van der Waals surface area contributed by atoms with Gasteiger partial charge in [-0.05, 0) is 24.2 Å². The summed E-state index contributed by atoms with van der Waals surface area (Å²) in [7, 11) is 2.04. The summed E-state index contributed by atoms with van der Waals surface area (Å²) < 4.78 is 0. The first-order valence-corrected chi connectivity index (χ1v) is 5.99. The third-order valence-electron chi connectivity index (χ3n) is 3.09. The summed E-state index contributed by atoms with van der Waals surface area (Å²) >= 11 is 12.0. The van der Waals surface area contributed by atoms with Crippen LogP contribution >= 0.6 is 23.2 Å². The van der Waals surface area contributed by atoms with Gasteiger partial charge < -0.3 is 5.11 Å². The van der Waals surface area contributed by atoms with Gasteiger partial charge in [-0.25, -0.2) is 0 Å². The van der Waals surface area contributed by atoms with E-state index in [1.165, 1.54) is 11.1 Å². The molecule has 0 radical (unpaired) electrons. The molecule has 0 spiro atoms. The Morgan fingerprint density at radius 1 is 1.29 bits per heavy atom. The number of phenols is 1. The van der Waals surface area contributed by atoms with Crippen LogP contribution in [-0.2, 0) is 13.1 Å². The quantitative estimate of drug-likeness (QED) is 0.797. The predicted molar refractivity (Wildman–Crippen MR) is 68.6 cm³/mol. The monoisotopic (exact) mass is 268 g/mol. The van der Waals surface area contributed by atoms with Gasteiger partial charge in [0.25, 0.3) is 0 Å². The van der Waals surface area contributed by atoms with Crippen LogP contribution in [0.2, 0.25) is 10.0 Å².